The van der Waals surface area contributed by atoms with Crippen LogP contribution in [0.4, 0.5) is 0 Å². The standard InChI is InChI=1S/C15H29N/c1-2-3-4-5-6-7-8-9-14-10-12-15(16)13-11-14/h9,15H,2-8,10-13,16H2,1H3. The van der Waals surface area contributed by atoms with Gasteiger partial charge in [-0.15, -0.1) is 0 Å². The van der Waals surface area contributed by atoms with E-state index in [0.29, 0.717) is 6.04 Å². The summed E-state index contributed by atoms with van der Waals surface area (Å²) in [5.41, 5.74) is 7.57. The molecule has 0 amide bonds. The molecule has 0 unspecified atom stereocenters. The molecule has 0 heterocycles. The Hall–Kier alpha value is -0.300. The van der Waals surface area contributed by atoms with Gasteiger partial charge in [-0.25, -0.2) is 0 Å². The van der Waals surface area contributed by atoms with Crippen LogP contribution in [0.5, 0.6) is 0 Å². The van der Waals surface area contributed by atoms with Gasteiger partial charge in [-0.3, -0.25) is 0 Å². The van der Waals surface area contributed by atoms with Crippen LogP contribution in [-0.4, -0.2) is 6.04 Å². The van der Waals surface area contributed by atoms with Crippen molar-refractivity contribution >= 4 is 0 Å². The third-order valence-electron chi connectivity index (χ3n) is 3.66. The largest absolute Gasteiger partial charge is 0.328 e. The molecule has 94 valence electrons. The summed E-state index contributed by atoms with van der Waals surface area (Å²) in [4.78, 5) is 0. The van der Waals surface area contributed by atoms with Crippen molar-refractivity contribution in [2.45, 2.75) is 83.6 Å². The van der Waals surface area contributed by atoms with Gasteiger partial charge in [-0.05, 0) is 38.5 Å². The molecule has 1 saturated carbocycles. The molecule has 0 aliphatic heterocycles. The second kappa shape index (κ2) is 8.81. The van der Waals surface area contributed by atoms with Crippen molar-refractivity contribution in [3.05, 3.63) is 11.6 Å². The molecule has 0 atom stereocenters. The first-order valence-electron chi connectivity index (χ1n) is 7.26. The van der Waals surface area contributed by atoms with Gasteiger partial charge >= 0.3 is 0 Å². The van der Waals surface area contributed by atoms with Crippen LogP contribution in [-0.2, 0) is 0 Å². The van der Waals surface area contributed by atoms with Crippen LogP contribution in [0, 0.1) is 0 Å². The Bertz CT molecular complexity index is 186. The van der Waals surface area contributed by atoms with Crippen LogP contribution in [0.25, 0.3) is 0 Å². The molecule has 0 radical (unpaired) electrons. The van der Waals surface area contributed by atoms with Gasteiger partial charge in [-0.1, -0.05) is 50.7 Å². The molecule has 1 rings (SSSR count). The zero-order valence-electron chi connectivity index (χ0n) is 11.0. The second-order valence-electron chi connectivity index (χ2n) is 5.26. The van der Waals surface area contributed by atoms with Crippen molar-refractivity contribution in [2.24, 2.45) is 5.73 Å². The van der Waals surface area contributed by atoms with Gasteiger partial charge in [0, 0.05) is 6.04 Å². The maximum Gasteiger partial charge on any atom is 0.00449 e. The van der Waals surface area contributed by atoms with Crippen LogP contribution in [0.1, 0.15) is 77.6 Å². The highest BCUT2D eigenvalue weighted by molar-refractivity contribution is 5.05. The molecule has 1 fully saturated rings. The molecular weight excluding hydrogens is 194 g/mol. The topological polar surface area (TPSA) is 26.0 Å². The Labute approximate surface area is 101 Å². The summed E-state index contributed by atoms with van der Waals surface area (Å²) in [5, 5.41) is 0. The molecule has 1 nitrogen and oxygen atoms in total. The van der Waals surface area contributed by atoms with Crippen molar-refractivity contribution in [3.8, 4) is 0 Å². The highest BCUT2D eigenvalue weighted by Crippen LogP contribution is 2.23. The van der Waals surface area contributed by atoms with Crippen LogP contribution >= 0.6 is 0 Å². The first-order chi connectivity index (χ1) is 7.83. The summed E-state index contributed by atoms with van der Waals surface area (Å²) in [6, 6.07) is 0.478. The first-order valence-corrected chi connectivity index (χ1v) is 7.26. The van der Waals surface area contributed by atoms with Crippen LogP contribution < -0.4 is 5.73 Å². The van der Waals surface area contributed by atoms with Crippen molar-refractivity contribution in [3.63, 3.8) is 0 Å². The zero-order valence-corrected chi connectivity index (χ0v) is 11.0. The minimum Gasteiger partial charge on any atom is -0.328 e. The van der Waals surface area contributed by atoms with Gasteiger partial charge in [-0.2, -0.15) is 0 Å². The summed E-state index contributed by atoms with van der Waals surface area (Å²) >= 11 is 0. The molecule has 0 saturated heterocycles. The molecule has 16 heavy (non-hydrogen) atoms. The molecule has 1 aliphatic rings. The van der Waals surface area contributed by atoms with Crippen molar-refractivity contribution < 1.29 is 0 Å². The lowest BCUT2D eigenvalue weighted by atomic mass is 9.90. The predicted molar refractivity (Wildman–Crippen MR) is 72.5 cm³/mol. The smallest absolute Gasteiger partial charge is 0.00449 e. The van der Waals surface area contributed by atoms with E-state index in [4.69, 9.17) is 5.73 Å². The Morgan fingerprint density at radius 1 is 1.06 bits per heavy atom. The Morgan fingerprint density at radius 2 is 1.69 bits per heavy atom. The van der Waals surface area contributed by atoms with Crippen LogP contribution in [0.2, 0.25) is 0 Å². The van der Waals surface area contributed by atoms with Gasteiger partial charge in [0.05, 0.1) is 0 Å². The Morgan fingerprint density at radius 3 is 2.38 bits per heavy atom. The summed E-state index contributed by atoms with van der Waals surface area (Å²) in [6.45, 7) is 2.28. The molecule has 0 aromatic rings. The van der Waals surface area contributed by atoms with E-state index in [-0.39, 0.29) is 0 Å². The second-order valence-corrected chi connectivity index (χ2v) is 5.26. The van der Waals surface area contributed by atoms with Gasteiger partial charge in [0.15, 0.2) is 0 Å². The molecular formula is C15H29N. The minimum absolute atomic E-state index is 0.478. The quantitative estimate of drug-likeness (QED) is 0.497. The van der Waals surface area contributed by atoms with E-state index in [0.717, 1.165) is 0 Å². The molecule has 1 aliphatic carbocycles. The molecule has 0 aromatic carbocycles. The van der Waals surface area contributed by atoms with Gasteiger partial charge in [0.1, 0.15) is 0 Å². The molecule has 0 spiro atoms. The predicted octanol–water partition coefficient (Wildman–Crippen LogP) is 4.56. The molecule has 2 N–H and O–H groups in total. The van der Waals surface area contributed by atoms with E-state index < -0.39 is 0 Å². The zero-order chi connectivity index (χ0) is 11.6. The van der Waals surface area contributed by atoms with Gasteiger partial charge in [0.25, 0.3) is 0 Å². The monoisotopic (exact) mass is 223 g/mol. The third-order valence-corrected chi connectivity index (χ3v) is 3.66. The van der Waals surface area contributed by atoms with Crippen molar-refractivity contribution in [2.75, 3.05) is 0 Å². The average Bonchev–Trinajstić information content (AvgIpc) is 2.30. The summed E-state index contributed by atoms with van der Waals surface area (Å²) in [7, 11) is 0. The minimum atomic E-state index is 0.478. The molecule has 0 aromatic heterocycles. The maximum absolute atomic E-state index is 5.89. The van der Waals surface area contributed by atoms with E-state index in [1.165, 1.54) is 70.6 Å². The number of hydrogen-bond donors (Lipinski definition) is 1. The van der Waals surface area contributed by atoms with E-state index in [1.54, 1.807) is 5.57 Å². The number of nitrogens with two attached hydrogens (primary N) is 1. The third kappa shape index (κ3) is 6.32. The lowest BCUT2D eigenvalue weighted by molar-refractivity contribution is 0.509. The van der Waals surface area contributed by atoms with E-state index >= 15 is 0 Å². The highest BCUT2D eigenvalue weighted by Gasteiger charge is 2.11. The highest BCUT2D eigenvalue weighted by atomic mass is 14.6. The maximum atomic E-state index is 5.89. The van der Waals surface area contributed by atoms with Gasteiger partial charge < -0.3 is 5.73 Å². The van der Waals surface area contributed by atoms with Crippen LogP contribution in [0.15, 0.2) is 11.6 Å². The van der Waals surface area contributed by atoms with E-state index in [1.807, 2.05) is 0 Å². The van der Waals surface area contributed by atoms with E-state index in [9.17, 15) is 0 Å². The molecule has 0 bridgehead atoms. The average molecular weight is 223 g/mol. The first kappa shape index (κ1) is 13.8. The van der Waals surface area contributed by atoms with Crippen molar-refractivity contribution in [1.82, 2.24) is 0 Å². The fourth-order valence-electron chi connectivity index (χ4n) is 2.45. The fourth-order valence-corrected chi connectivity index (χ4v) is 2.45. The number of unbranched alkanes of at least 4 members (excludes halogenated alkanes) is 6. The fraction of sp³-hybridized carbons (Fsp3) is 0.867. The Kier molecular flexibility index (Phi) is 7.58. The normalized spacial score (nSPS) is 21.1. The summed E-state index contributed by atoms with van der Waals surface area (Å²) in [5.74, 6) is 0. The number of allylic oxidation sites excluding steroid dienone is 2. The Balaban J connectivity index is 1.95. The lowest BCUT2D eigenvalue weighted by Gasteiger charge is -2.20. The van der Waals surface area contributed by atoms with Gasteiger partial charge in [0.2, 0.25) is 0 Å². The SMILES string of the molecule is CCCCCCCCC=C1CCC(N)CC1. The number of rotatable bonds is 7. The lowest BCUT2D eigenvalue weighted by Crippen LogP contribution is -2.23. The molecule has 1 heteroatoms. The van der Waals surface area contributed by atoms with Crippen molar-refractivity contribution in [1.29, 1.82) is 0 Å². The summed E-state index contributed by atoms with van der Waals surface area (Å²) in [6.07, 6.45) is 17.2. The summed E-state index contributed by atoms with van der Waals surface area (Å²) < 4.78 is 0. The van der Waals surface area contributed by atoms with E-state index in [2.05, 4.69) is 13.0 Å². The number of hydrogen-bond acceptors (Lipinski definition) is 1. The van der Waals surface area contributed by atoms with Crippen LogP contribution in [0.3, 0.4) is 0 Å².